The molecule has 0 aromatic rings. The fraction of sp³-hybridized carbons (Fsp3) is 0.846. The Labute approximate surface area is 108 Å². The van der Waals surface area contributed by atoms with Gasteiger partial charge in [0.2, 0.25) is 11.8 Å². The van der Waals surface area contributed by atoms with Crippen LogP contribution in [0.4, 0.5) is 0 Å². The average molecular weight is 253 g/mol. The Hall–Kier alpha value is -1.10. The molecular weight excluding hydrogens is 230 g/mol. The number of nitrogens with zero attached hydrogens (tertiary/aromatic N) is 1. The van der Waals surface area contributed by atoms with Gasteiger partial charge in [-0.15, -0.1) is 0 Å². The lowest BCUT2D eigenvalue weighted by molar-refractivity contribution is -0.138. The monoisotopic (exact) mass is 253 g/mol. The number of likely N-dealkylation sites (tertiary alicyclic amines) is 1. The predicted molar refractivity (Wildman–Crippen MR) is 68.7 cm³/mol. The van der Waals surface area contributed by atoms with Crippen molar-refractivity contribution in [3.63, 3.8) is 0 Å². The largest absolute Gasteiger partial charge is 0.356 e. The molecule has 1 heterocycles. The summed E-state index contributed by atoms with van der Waals surface area (Å²) in [5, 5.41) is 2.85. The Balaban J connectivity index is 1.76. The van der Waals surface area contributed by atoms with Crippen LogP contribution < -0.4 is 11.1 Å². The Morgan fingerprint density at radius 3 is 2.39 bits per heavy atom. The molecule has 102 valence electrons. The molecule has 0 radical (unpaired) electrons. The molecule has 0 unspecified atom stereocenters. The minimum atomic E-state index is -0.218. The maximum atomic E-state index is 12.3. The Kier molecular flexibility index (Phi) is 3.90. The van der Waals surface area contributed by atoms with E-state index in [-0.39, 0.29) is 17.2 Å². The first-order valence-electron chi connectivity index (χ1n) is 6.81. The second kappa shape index (κ2) is 5.26. The van der Waals surface area contributed by atoms with Crippen LogP contribution in [0.2, 0.25) is 0 Å². The molecule has 18 heavy (non-hydrogen) atoms. The molecule has 1 aliphatic heterocycles. The van der Waals surface area contributed by atoms with E-state index in [1.165, 1.54) is 6.92 Å². The van der Waals surface area contributed by atoms with Gasteiger partial charge >= 0.3 is 0 Å². The third-order valence-electron chi connectivity index (χ3n) is 4.24. The van der Waals surface area contributed by atoms with Crippen LogP contribution in [0.5, 0.6) is 0 Å². The van der Waals surface area contributed by atoms with Gasteiger partial charge in [0.15, 0.2) is 0 Å². The molecule has 0 atom stereocenters. The second-order valence-corrected chi connectivity index (χ2v) is 5.66. The zero-order chi connectivity index (χ0) is 13.2. The van der Waals surface area contributed by atoms with Crippen molar-refractivity contribution < 1.29 is 9.59 Å². The molecule has 1 saturated heterocycles. The predicted octanol–water partition coefficient (Wildman–Crippen LogP) is 0.100. The number of carbonyl (C=O) groups is 2. The van der Waals surface area contributed by atoms with Crippen molar-refractivity contribution in [2.75, 3.05) is 26.2 Å². The highest BCUT2D eigenvalue weighted by atomic mass is 16.2. The van der Waals surface area contributed by atoms with Gasteiger partial charge in [-0.05, 0) is 31.6 Å². The standard InChI is InChI=1S/C13H23N3O2/c1-10(17)15-8-11-2-6-16(7-3-11)12(18)13(9-14)4-5-13/h11H,2-9,14H2,1H3,(H,15,17). The van der Waals surface area contributed by atoms with Crippen LogP contribution >= 0.6 is 0 Å². The third kappa shape index (κ3) is 2.83. The van der Waals surface area contributed by atoms with Gasteiger partial charge in [0, 0.05) is 33.1 Å². The summed E-state index contributed by atoms with van der Waals surface area (Å²) >= 11 is 0. The van der Waals surface area contributed by atoms with E-state index in [0.29, 0.717) is 12.5 Å². The van der Waals surface area contributed by atoms with Gasteiger partial charge < -0.3 is 16.0 Å². The van der Waals surface area contributed by atoms with E-state index in [1.807, 2.05) is 4.90 Å². The quantitative estimate of drug-likeness (QED) is 0.746. The summed E-state index contributed by atoms with van der Waals surface area (Å²) < 4.78 is 0. The van der Waals surface area contributed by atoms with Crippen molar-refractivity contribution in [1.82, 2.24) is 10.2 Å². The van der Waals surface area contributed by atoms with Crippen LogP contribution in [0.3, 0.4) is 0 Å². The SMILES string of the molecule is CC(=O)NCC1CCN(C(=O)C2(CN)CC2)CC1. The van der Waals surface area contributed by atoms with E-state index < -0.39 is 0 Å². The van der Waals surface area contributed by atoms with E-state index in [2.05, 4.69) is 5.32 Å². The van der Waals surface area contributed by atoms with Gasteiger partial charge in [0.05, 0.1) is 5.41 Å². The van der Waals surface area contributed by atoms with Crippen molar-refractivity contribution in [1.29, 1.82) is 0 Å². The average Bonchev–Trinajstić information content (AvgIpc) is 3.17. The van der Waals surface area contributed by atoms with Gasteiger partial charge in [-0.2, -0.15) is 0 Å². The first-order chi connectivity index (χ1) is 8.57. The normalized spacial score (nSPS) is 22.7. The zero-order valence-corrected chi connectivity index (χ0v) is 11.1. The molecule has 0 aromatic carbocycles. The van der Waals surface area contributed by atoms with Gasteiger partial charge in [-0.25, -0.2) is 0 Å². The number of amides is 2. The summed E-state index contributed by atoms with van der Waals surface area (Å²) in [5.74, 6) is 0.780. The number of nitrogens with one attached hydrogen (secondary N) is 1. The van der Waals surface area contributed by atoms with Crippen LogP contribution in [-0.2, 0) is 9.59 Å². The molecule has 5 heteroatoms. The minimum absolute atomic E-state index is 0.0218. The number of nitrogens with two attached hydrogens (primary N) is 1. The fourth-order valence-electron chi connectivity index (χ4n) is 2.62. The lowest BCUT2D eigenvalue weighted by atomic mass is 9.95. The summed E-state index contributed by atoms with van der Waals surface area (Å²) in [6.07, 6.45) is 3.86. The summed E-state index contributed by atoms with van der Waals surface area (Å²) in [6, 6.07) is 0. The molecule has 1 saturated carbocycles. The highest BCUT2D eigenvalue weighted by molar-refractivity contribution is 5.85. The minimum Gasteiger partial charge on any atom is -0.356 e. The molecule has 2 fully saturated rings. The first-order valence-corrected chi connectivity index (χ1v) is 6.81. The van der Waals surface area contributed by atoms with E-state index in [9.17, 15) is 9.59 Å². The zero-order valence-electron chi connectivity index (χ0n) is 11.1. The van der Waals surface area contributed by atoms with E-state index >= 15 is 0 Å². The molecule has 3 N–H and O–H groups in total. The van der Waals surface area contributed by atoms with Gasteiger partial charge in [-0.3, -0.25) is 9.59 Å². The Bertz CT molecular complexity index is 331. The molecule has 0 aromatic heterocycles. The van der Waals surface area contributed by atoms with Gasteiger partial charge in [0.1, 0.15) is 0 Å². The summed E-state index contributed by atoms with van der Waals surface area (Å²) in [5.41, 5.74) is 5.47. The number of hydrogen-bond acceptors (Lipinski definition) is 3. The number of carbonyl (C=O) groups excluding carboxylic acids is 2. The molecule has 2 amide bonds. The van der Waals surface area contributed by atoms with Crippen molar-refractivity contribution in [3.8, 4) is 0 Å². The summed E-state index contributed by atoms with van der Waals surface area (Å²) in [4.78, 5) is 25.1. The fourth-order valence-corrected chi connectivity index (χ4v) is 2.62. The van der Waals surface area contributed by atoms with Crippen molar-refractivity contribution >= 4 is 11.8 Å². The first kappa shape index (κ1) is 13.3. The van der Waals surface area contributed by atoms with Crippen LogP contribution in [0.15, 0.2) is 0 Å². The maximum Gasteiger partial charge on any atom is 0.230 e. The molecule has 2 rings (SSSR count). The molecular formula is C13H23N3O2. The van der Waals surface area contributed by atoms with E-state index in [1.54, 1.807) is 0 Å². The Morgan fingerprint density at radius 1 is 1.33 bits per heavy atom. The molecule has 0 spiro atoms. The second-order valence-electron chi connectivity index (χ2n) is 5.66. The van der Waals surface area contributed by atoms with Gasteiger partial charge in [0.25, 0.3) is 0 Å². The molecule has 5 nitrogen and oxygen atoms in total. The van der Waals surface area contributed by atoms with Crippen molar-refractivity contribution in [2.24, 2.45) is 17.1 Å². The molecule has 1 aliphatic carbocycles. The number of hydrogen-bond donors (Lipinski definition) is 2. The van der Waals surface area contributed by atoms with Crippen LogP contribution in [0.25, 0.3) is 0 Å². The lowest BCUT2D eigenvalue weighted by Crippen LogP contribution is -2.46. The number of rotatable bonds is 4. The lowest BCUT2D eigenvalue weighted by Gasteiger charge is -2.34. The van der Waals surface area contributed by atoms with Crippen LogP contribution in [0.1, 0.15) is 32.6 Å². The highest BCUT2D eigenvalue weighted by Crippen LogP contribution is 2.46. The maximum absolute atomic E-state index is 12.3. The van der Waals surface area contributed by atoms with Crippen LogP contribution in [0, 0.1) is 11.3 Å². The van der Waals surface area contributed by atoms with E-state index in [0.717, 1.165) is 45.3 Å². The van der Waals surface area contributed by atoms with Crippen molar-refractivity contribution in [3.05, 3.63) is 0 Å². The summed E-state index contributed by atoms with van der Waals surface area (Å²) in [7, 11) is 0. The molecule has 2 aliphatic rings. The Morgan fingerprint density at radius 2 is 1.94 bits per heavy atom. The van der Waals surface area contributed by atoms with Crippen LogP contribution in [-0.4, -0.2) is 42.9 Å². The van der Waals surface area contributed by atoms with Crippen molar-refractivity contribution in [2.45, 2.75) is 32.6 Å². The molecule has 0 bridgehead atoms. The van der Waals surface area contributed by atoms with Gasteiger partial charge in [-0.1, -0.05) is 0 Å². The number of piperidine rings is 1. The summed E-state index contributed by atoms with van der Waals surface area (Å²) in [6.45, 7) is 4.38. The smallest absolute Gasteiger partial charge is 0.230 e. The third-order valence-corrected chi connectivity index (χ3v) is 4.24. The topological polar surface area (TPSA) is 75.4 Å². The highest BCUT2D eigenvalue weighted by Gasteiger charge is 2.50. The van der Waals surface area contributed by atoms with E-state index in [4.69, 9.17) is 5.73 Å².